The summed E-state index contributed by atoms with van der Waals surface area (Å²) in [6.07, 6.45) is 0.692. The highest BCUT2D eigenvalue weighted by Crippen LogP contribution is 2.29. The Hall–Kier alpha value is -1.58. The van der Waals surface area contributed by atoms with E-state index < -0.39 is 5.82 Å². The van der Waals surface area contributed by atoms with Crippen LogP contribution in [0.1, 0.15) is 18.1 Å². The Bertz CT molecular complexity index is 613. The van der Waals surface area contributed by atoms with Gasteiger partial charge in [0.1, 0.15) is 5.75 Å². The topological polar surface area (TPSA) is 35.2 Å². The van der Waals surface area contributed by atoms with E-state index in [1.54, 1.807) is 24.3 Å². The summed E-state index contributed by atoms with van der Waals surface area (Å²) in [7, 11) is 0. The van der Waals surface area contributed by atoms with Crippen molar-refractivity contribution in [1.82, 2.24) is 0 Å². The molecule has 0 saturated heterocycles. The molecule has 0 fully saturated rings. The van der Waals surface area contributed by atoms with Gasteiger partial charge in [-0.2, -0.15) is 0 Å². The number of nitrogens with two attached hydrogens (primary N) is 1. The number of benzene rings is 2. The fraction of sp³-hybridized carbons (Fsp3) is 0.250. The molecule has 0 aromatic heterocycles. The van der Waals surface area contributed by atoms with Crippen molar-refractivity contribution in [3.63, 3.8) is 0 Å². The molecule has 1 unspecified atom stereocenters. The second kappa shape index (κ2) is 6.25. The molecule has 0 heterocycles. The van der Waals surface area contributed by atoms with Crippen LogP contribution < -0.4 is 10.5 Å². The number of hydrogen-bond acceptors (Lipinski definition) is 2. The molecular formula is C16H17ClFNO. The van der Waals surface area contributed by atoms with Gasteiger partial charge in [-0.1, -0.05) is 23.7 Å². The van der Waals surface area contributed by atoms with Crippen LogP contribution in [0.15, 0.2) is 36.4 Å². The van der Waals surface area contributed by atoms with Gasteiger partial charge in [-0.15, -0.1) is 0 Å². The zero-order chi connectivity index (χ0) is 14.7. The maximum absolute atomic E-state index is 13.6. The van der Waals surface area contributed by atoms with Gasteiger partial charge in [-0.3, -0.25) is 0 Å². The number of hydrogen-bond donors (Lipinski definition) is 1. The van der Waals surface area contributed by atoms with Gasteiger partial charge >= 0.3 is 0 Å². The van der Waals surface area contributed by atoms with Crippen LogP contribution >= 0.6 is 11.6 Å². The van der Waals surface area contributed by atoms with Crippen molar-refractivity contribution < 1.29 is 9.13 Å². The molecule has 2 N–H and O–H groups in total. The van der Waals surface area contributed by atoms with Crippen molar-refractivity contribution in [3.8, 4) is 11.5 Å². The van der Waals surface area contributed by atoms with Gasteiger partial charge in [0.05, 0.1) is 0 Å². The molecule has 0 bridgehead atoms. The van der Waals surface area contributed by atoms with Crippen molar-refractivity contribution in [1.29, 1.82) is 0 Å². The molecule has 0 aliphatic heterocycles. The first-order valence-corrected chi connectivity index (χ1v) is 6.81. The van der Waals surface area contributed by atoms with Crippen LogP contribution in [-0.2, 0) is 6.42 Å². The predicted octanol–water partition coefficient (Wildman–Crippen LogP) is 4.47. The lowest BCUT2D eigenvalue weighted by molar-refractivity contribution is 0.441. The third kappa shape index (κ3) is 3.71. The standard InChI is InChI=1S/C16H17ClFNO/c1-10-3-6-15(18)16(7-10)20-13-5-4-12(8-11(2)19)14(17)9-13/h3-7,9,11H,8,19H2,1-2H3. The summed E-state index contributed by atoms with van der Waals surface area (Å²) >= 11 is 6.18. The van der Waals surface area contributed by atoms with Crippen LogP contribution in [0.25, 0.3) is 0 Å². The van der Waals surface area contributed by atoms with Crippen molar-refractivity contribution in [2.75, 3.05) is 0 Å². The Morgan fingerprint density at radius 2 is 2.00 bits per heavy atom. The summed E-state index contributed by atoms with van der Waals surface area (Å²) < 4.78 is 19.2. The van der Waals surface area contributed by atoms with Gasteiger partial charge in [-0.25, -0.2) is 4.39 Å². The lowest BCUT2D eigenvalue weighted by Gasteiger charge is -2.11. The fourth-order valence-electron chi connectivity index (χ4n) is 1.92. The van der Waals surface area contributed by atoms with Crippen molar-refractivity contribution in [3.05, 3.63) is 58.4 Å². The number of halogens is 2. The van der Waals surface area contributed by atoms with Crippen LogP contribution in [0.2, 0.25) is 5.02 Å². The number of aryl methyl sites for hydroxylation is 1. The van der Waals surface area contributed by atoms with Crippen molar-refractivity contribution in [2.24, 2.45) is 5.73 Å². The zero-order valence-corrected chi connectivity index (χ0v) is 12.2. The average molecular weight is 294 g/mol. The number of ether oxygens (including phenoxy) is 1. The Kier molecular flexibility index (Phi) is 4.63. The van der Waals surface area contributed by atoms with Gasteiger partial charge in [0.15, 0.2) is 11.6 Å². The lowest BCUT2D eigenvalue weighted by atomic mass is 10.1. The zero-order valence-electron chi connectivity index (χ0n) is 11.5. The molecule has 106 valence electrons. The summed E-state index contributed by atoms with van der Waals surface area (Å²) in [5, 5.41) is 0.577. The second-order valence-corrected chi connectivity index (χ2v) is 5.38. The van der Waals surface area contributed by atoms with Gasteiger partial charge in [0.2, 0.25) is 0 Å². The summed E-state index contributed by atoms with van der Waals surface area (Å²) in [5.74, 6) is 0.306. The summed E-state index contributed by atoms with van der Waals surface area (Å²) in [4.78, 5) is 0. The fourth-order valence-corrected chi connectivity index (χ4v) is 2.17. The van der Waals surface area contributed by atoms with Gasteiger partial charge in [-0.05, 0) is 55.7 Å². The minimum Gasteiger partial charge on any atom is -0.454 e. The third-order valence-corrected chi connectivity index (χ3v) is 3.23. The molecular weight excluding hydrogens is 277 g/mol. The third-order valence-electron chi connectivity index (χ3n) is 2.88. The van der Waals surface area contributed by atoms with Crippen molar-refractivity contribution in [2.45, 2.75) is 26.3 Å². The van der Waals surface area contributed by atoms with E-state index in [0.717, 1.165) is 11.1 Å². The first-order valence-electron chi connectivity index (χ1n) is 6.43. The van der Waals surface area contributed by atoms with Crippen molar-refractivity contribution >= 4 is 11.6 Å². The summed E-state index contributed by atoms with van der Waals surface area (Å²) in [5.41, 5.74) is 7.64. The van der Waals surface area contributed by atoms with E-state index in [1.165, 1.54) is 6.07 Å². The molecule has 0 saturated carbocycles. The molecule has 2 nitrogen and oxygen atoms in total. The van der Waals surface area contributed by atoms with E-state index in [4.69, 9.17) is 22.1 Å². The highest BCUT2D eigenvalue weighted by atomic mass is 35.5. The maximum Gasteiger partial charge on any atom is 0.165 e. The highest BCUT2D eigenvalue weighted by molar-refractivity contribution is 6.31. The molecule has 20 heavy (non-hydrogen) atoms. The molecule has 2 aromatic rings. The summed E-state index contributed by atoms with van der Waals surface area (Å²) in [6.45, 7) is 3.80. The smallest absolute Gasteiger partial charge is 0.165 e. The monoisotopic (exact) mass is 293 g/mol. The Balaban J connectivity index is 2.22. The highest BCUT2D eigenvalue weighted by Gasteiger charge is 2.08. The van der Waals surface area contributed by atoms with Crippen LogP contribution in [0.5, 0.6) is 11.5 Å². The van der Waals surface area contributed by atoms with Crippen LogP contribution in [0.4, 0.5) is 4.39 Å². The molecule has 1 atom stereocenters. The normalized spacial score (nSPS) is 12.2. The molecule has 0 radical (unpaired) electrons. The van der Waals surface area contributed by atoms with E-state index in [2.05, 4.69) is 0 Å². The minimum absolute atomic E-state index is 0.0356. The molecule has 2 rings (SSSR count). The van der Waals surface area contributed by atoms with E-state index in [9.17, 15) is 4.39 Å². The van der Waals surface area contributed by atoms with E-state index in [-0.39, 0.29) is 11.8 Å². The van der Waals surface area contributed by atoms with Crippen LogP contribution in [0.3, 0.4) is 0 Å². The Morgan fingerprint density at radius 1 is 1.25 bits per heavy atom. The molecule has 0 amide bonds. The van der Waals surface area contributed by atoms with E-state index in [0.29, 0.717) is 17.2 Å². The molecule has 0 aliphatic rings. The quantitative estimate of drug-likeness (QED) is 0.902. The summed E-state index contributed by atoms with van der Waals surface area (Å²) in [6, 6.07) is 10.1. The largest absolute Gasteiger partial charge is 0.454 e. The number of rotatable bonds is 4. The van der Waals surface area contributed by atoms with E-state index in [1.807, 2.05) is 19.9 Å². The maximum atomic E-state index is 13.6. The minimum atomic E-state index is -0.397. The van der Waals surface area contributed by atoms with E-state index >= 15 is 0 Å². The first-order chi connectivity index (χ1) is 9.45. The Morgan fingerprint density at radius 3 is 2.65 bits per heavy atom. The second-order valence-electron chi connectivity index (χ2n) is 4.97. The Labute approximate surface area is 123 Å². The predicted molar refractivity (Wildman–Crippen MR) is 80.0 cm³/mol. The molecule has 4 heteroatoms. The SMILES string of the molecule is Cc1ccc(F)c(Oc2ccc(CC(C)N)c(Cl)c2)c1. The molecule has 0 aliphatic carbocycles. The van der Waals surface area contributed by atoms with Gasteiger partial charge in [0.25, 0.3) is 0 Å². The molecule has 0 spiro atoms. The van der Waals surface area contributed by atoms with Gasteiger partial charge < -0.3 is 10.5 Å². The van der Waals surface area contributed by atoms with Gasteiger partial charge in [0, 0.05) is 11.1 Å². The average Bonchev–Trinajstić information content (AvgIpc) is 2.37. The van der Waals surface area contributed by atoms with Crippen LogP contribution in [0, 0.1) is 12.7 Å². The van der Waals surface area contributed by atoms with Crippen LogP contribution in [-0.4, -0.2) is 6.04 Å². The molecule has 2 aromatic carbocycles. The first kappa shape index (κ1) is 14.8. The lowest BCUT2D eigenvalue weighted by Crippen LogP contribution is -2.17.